The van der Waals surface area contributed by atoms with Crippen LogP contribution in [0.3, 0.4) is 0 Å². The number of ether oxygens (including phenoxy) is 1. The fourth-order valence-electron chi connectivity index (χ4n) is 2.55. The van der Waals surface area contributed by atoms with Gasteiger partial charge in [0.25, 0.3) is 12.3 Å². The summed E-state index contributed by atoms with van der Waals surface area (Å²) >= 11 is 15.6. The molecule has 0 amide bonds. The molecule has 0 aliphatic heterocycles. The van der Waals surface area contributed by atoms with Crippen molar-refractivity contribution in [3.8, 4) is 11.6 Å². The number of imidazole rings is 1. The topological polar surface area (TPSA) is 30.1 Å². The van der Waals surface area contributed by atoms with Crippen molar-refractivity contribution in [3.63, 3.8) is 0 Å². The predicted molar refractivity (Wildman–Crippen MR) is 106 cm³/mol. The number of nitrogens with zero attached hydrogens (tertiary/aromatic N) is 2. The Morgan fingerprint density at radius 2 is 1.79 bits per heavy atom. The molecule has 3 rings (SSSR count). The van der Waals surface area contributed by atoms with E-state index in [1.165, 1.54) is 6.20 Å². The molecule has 0 aliphatic carbocycles. The second kappa shape index (κ2) is 8.63. The van der Waals surface area contributed by atoms with E-state index in [0.717, 1.165) is 16.6 Å². The van der Waals surface area contributed by atoms with Gasteiger partial charge in [-0.25, -0.2) is 23.1 Å². The van der Waals surface area contributed by atoms with Crippen molar-refractivity contribution < 1.29 is 22.5 Å². The molecule has 4 nitrogen and oxygen atoms in total. The van der Waals surface area contributed by atoms with Crippen LogP contribution in [0, 0.1) is 5.82 Å². The smallest absolute Gasteiger partial charge is 0.370 e. The van der Waals surface area contributed by atoms with Crippen LogP contribution in [-0.2, 0) is 7.05 Å². The molecule has 0 atom stereocenters. The summed E-state index contributed by atoms with van der Waals surface area (Å²) in [6.45, 7) is -0.766. The van der Waals surface area contributed by atoms with Gasteiger partial charge in [0.1, 0.15) is 23.4 Å². The zero-order valence-corrected chi connectivity index (χ0v) is 17.5. The molecule has 0 saturated carbocycles. The minimum absolute atomic E-state index is 0.0728. The highest BCUT2D eigenvalue weighted by atomic mass is 79.9. The maximum Gasteiger partial charge on any atom is 0.370 e. The fraction of sp³-hybridized carbons (Fsp3) is 0.167. The van der Waals surface area contributed by atoms with E-state index in [0.29, 0.717) is 11.6 Å². The third-order valence-corrected chi connectivity index (χ3v) is 4.88. The van der Waals surface area contributed by atoms with Gasteiger partial charge in [0.05, 0.1) is 17.1 Å². The number of anilines is 2. The van der Waals surface area contributed by atoms with Crippen LogP contribution < -0.4 is 14.6 Å². The van der Waals surface area contributed by atoms with Crippen LogP contribution in [0.2, 0.25) is 10.0 Å². The first-order valence-electron chi connectivity index (χ1n) is 7.96. The molecule has 1 N–H and O–H groups in total. The lowest BCUT2D eigenvalue weighted by Gasteiger charge is -2.10. The third-order valence-electron chi connectivity index (χ3n) is 3.76. The standard InChI is InChI=1S/C18H13BrCl2F3N3O/c1-26-8-16(28-9-15(23)24)27(12-4-2-10(19)3-5-12)18(26)25-17-13(20)6-11(22)7-14(17)21/h2-8,15H,9H2,1H3/p+1. The summed E-state index contributed by atoms with van der Waals surface area (Å²) < 4.78 is 48.2. The maximum absolute atomic E-state index is 13.5. The summed E-state index contributed by atoms with van der Waals surface area (Å²) in [7, 11) is 1.69. The predicted octanol–water partition coefficient (Wildman–Crippen LogP) is 5.90. The second-order valence-corrected chi connectivity index (χ2v) is 7.52. The van der Waals surface area contributed by atoms with Crippen LogP contribution in [0.25, 0.3) is 5.69 Å². The first-order chi connectivity index (χ1) is 13.3. The maximum atomic E-state index is 13.5. The number of aromatic nitrogens is 2. The Kier molecular flexibility index (Phi) is 6.42. The van der Waals surface area contributed by atoms with Gasteiger partial charge in [0, 0.05) is 4.47 Å². The minimum atomic E-state index is -2.63. The van der Waals surface area contributed by atoms with E-state index in [1.807, 2.05) is 0 Å². The van der Waals surface area contributed by atoms with Crippen molar-refractivity contribution in [1.82, 2.24) is 4.57 Å². The Labute approximate surface area is 177 Å². The number of alkyl halides is 2. The van der Waals surface area contributed by atoms with Crippen LogP contribution in [0.15, 0.2) is 47.1 Å². The van der Waals surface area contributed by atoms with Gasteiger partial charge < -0.3 is 4.74 Å². The Bertz CT molecular complexity index is 973. The molecule has 148 valence electrons. The summed E-state index contributed by atoms with van der Waals surface area (Å²) in [6.07, 6.45) is -1.09. The molecule has 0 spiro atoms. The average Bonchev–Trinajstić information content (AvgIpc) is 2.92. The van der Waals surface area contributed by atoms with E-state index in [1.54, 1.807) is 40.4 Å². The number of hydrogen-bond acceptors (Lipinski definition) is 2. The van der Waals surface area contributed by atoms with Gasteiger partial charge in [-0.15, -0.1) is 0 Å². The molecule has 1 aromatic heterocycles. The van der Waals surface area contributed by atoms with Crippen LogP contribution in [0.5, 0.6) is 5.88 Å². The number of rotatable bonds is 6. The van der Waals surface area contributed by atoms with Crippen molar-refractivity contribution in [2.45, 2.75) is 6.43 Å². The largest absolute Gasteiger partial charge is 0.459 e. The molecule has 10 heteroatoms. The number of aryl methyl sites for hydroxylation is 1. The van der Waals surface area contributed by atoms with Crippen molar-refractivity contribution in [2.24, 2.45) is 7.05 Å². The number of hydrogen-bond donors (Lipinski definition) is 1. The van der Waals surface area contributed by atoms with Gasteiger partial charge in [-0.05, 0) is 36.4 Å². The highest BCUT2D eigenvalue weighted by molar-refractivity contribution is 9.10. The van der Waals surface area contributed by atoms with E-state index in [2.05, 4.69) is 21.2 Å². The third kappa shape index (κ3) is 4.56. The molecular formula is C18H14BrCl2F3N3O+. The molecule has 0 unspecified atom stereocenters. The first-order valence-corrected chi connectivity index (χ1v) is 9.51. The summed E-state index contributed by atoms with van der Waals surface area (Å²) in [5, 5.41) is 3.19. The highest BCUT2D eigenvalue weighted by Crippen LogP contribution is 2.35. The van der Waals surface area contributed by atoms with E-state index >= 15 is 0 Å². The average molecular weight is 496 g/mol. The number of nitrogens with one attached hydrogen (secondary N) is 1. The minimum Gasteiger partial charge on any atom is -0.459 e. The molecule has 1 heterocycles. The monoisotopic (exact) mass is 494 g/mol. The van der Waals surface area contributed by atoms with E-state index in [4.69, 9.17) is 27.9 Å². The highest BCUT2D eigenvalue weighted by Gasteiger charge is 2.26. The molecule has 0 saturated heterocycles. The quantitative estimate of drug-likeness (QED) is 0.431. The molecule has 0 radical (unpaired) electrons. The van der Waals surface area contributed by atoms with Crippen molar-refractivity contribution in [3.05, 3.63) is 62.9 Å². The van der Waals surface area contributed by atoms with Crippen molar-refractivity contribution in [2.75, 3.05) is 11.9 Å². The zero-order chi connectivity index (χ0) is 20.4. The van der Waals surface area contributed by atoms with Gasteiger partial charge >= 0.3 is 5.95 Å². The second-order valence-electron chi connectivity index (χ2n) is 5.79. The van der Waals surface area contributed by atoms with E-state index in [-0.39, 0.29) is 21.6 Å². The normalized spacial score (nSPS) is 11.1. The van der Waals surface area contributed by atoms with Crippen LogP contribution in [-0.4, -0.2) is 17.6 Å². The number of halogens is 6. The Morgan fingerprint density at radius 1 is 1.18 bits per heavy atom. The fourth-order valence-corrected chi connectivity index (χ4v) is 3.37. The van der Waals surface area contributed by atoms with E-state index in [9.17, 15) is 13.2 Å². The van der Waals surface area contributed by atoms with Gasteiger partial charge in [-0.2, -0.15) is 4.57 Å². The molecule has 0 bridgehead atoms. The van der Waals surface area contributed by atoms with E-state index < -0.39 is 18.8 Å². The molecule has 2 aromatic carbocycles. The zero-order valence-electron chi connectivity index (χ0n) is 14.4. The summed E-state index contributed by atoms with van der Waals surface area (Å²) in [4.78, 5) is 0. The molecule has 3 aromatic rings. The lowest BCUT2D eigenvalue weighted by Crippen LogP contribution is -2.29. The van der Waals surface area contributed by atoms with Crippen LogP contribution in [0.1, 0.15) is 0 Å². The number of benzene rings is 2. The molecule has 28 heavy (non-hydrogen) atoms. The molecule has 0 fully saturated rings. The molecular weight excluding hydrogens is 482 g/mol. The van der Waals surface area contributed by atoms with Crippen molar-refractivity contribution >= 4 is 50.8 Å². The Hall–Kier alpha value is -1.90. The summed E-state index contributed by atoms with van der Waals surface area (Å²) in [5.74, 6) is 0.0261. The van der Waals surface area contributed by atoms with Gasteiger partial charge in [-0.3, -0.25) is 0 Å². The first kappa shape index (κ1) is 20.8. The molecule has 0 aliphatic rings. The van der Waals surface area contributed by atoms with Crippen LogP contribution in [0.4, 0.5) is 24.8 Å². The van der Waals surface area contributed by atoms with Gasteiger partial charge in [0.2, 0.25) is 0 Å². The summed E-state index contributed by atoms with van der Waals surface area (Å²) in [6, 6.07) is 9.40. The Morgan fingerprint density at radius 3 is 2.36 bits per heavy atom. The van der Waals surface area contributed by atoms with Crippen molar-refractivity contribution in [1.29, 1.82) is 0 Å². The van der Waals surface area contributed by atoms with Gasteiger partial charge in [-0.1, -0.05) is 39.1 Å². The SMILES string of the molecule is C[n+]1cc(OCC(F)F)n(-c2ccc(Br)cc2)c1Nc1c(Cl)cc(F)cc1Cl. The summed E-state index contributed by atoms with van der Waals surface area (Å²) in [5.41, 5.74) is 0.919. The lowest BCUT2D eigenvalue weighted by atomic mass is 10.3. The van der Waals surface area contributed by atoms with Crippen LogP contribution >= 0.6 is 39.1 Å². The lowest BCUT2D eigenvalue weighted by molar-refractivity contribution is -0.656. The Balaban J connectivity index is 2.11. The van der Waals surface area contributed by atoms with Gasteiger partial charge in [0.15, 0.2) is 6.61 Å².